The molecule has 0 saturated carbocycles. The minimum Gasteiger partial charge on any atom is -0.481 e. The fourth-order valence-corrected chi connectivity index (χ4v) is 1.65. The highest BCUT2D eigenvalue weighted by atomic mass is 16.5. The van der Waals surface area contributed by atoms with E-state index < -0.39 is 12.0 Å². The first-order chi connectivity index (χ1) is 9.08. The standard InChI is InChI=1S/C12H19N3O4/c1-3-9-8(10(4-2)19-15-9)7-14-12(18)13-6-5-11(16)17/h3-7H2,1-2H3,(H,16,17)(H2,13,14,18). The lowest BCUT2D eigenvalue weighted by Crippen LogP contribution is -2.36. The number of amides is 2. The Morgan fingerprint density at radius 2 is 2.00 bits per heavy atom. The number of urea groups is 1. The maximum absolute atomic E-state index is 11.5. The highest BCUT2D eigenvalue weighted by Gasteiger charge is 2.13. The third kappa shape index (κ3) is 4.61. The van der Waals surface area contributed by atoms with Crippen molar-refractivity contribution in [3.63, 3.8) is 0 Å². The zero-order valence-corrected chi connectivity index (χ0v) is 11.2. The van der Waals surface area contributed by atoms with E-state index in [0.29, 0.717) is 13.0 Å². The zero-order valence-electron chi connectivity index (χ0n) is 11.2. The normalized spacial score (nSPS) is 10.2. The molecule has 0 bridgehead atoms. The number of carboxylic acid groups (broad SMARTS) is 1. The number of carbonyl (C=O) groups is 2. The molecule has 0 radical (unpaired) electrons. The molecule has 0 aliphatic rings. The molecule has 0 unspecified atom stereocenters. The van der Waals surface area contributed by atoms with Crippen molar-refractivity contribution >= 4 is 12.0 Å². The molecular weight excluding hydrogens is 250 g/mol. The highest BCUT2D eigenvalue weighted by molar-refractivity contribution is 5.75. The summed E-state index contributed by atoms with van der Waals surface area (Å²) in [6, 6.07) is -0.397. The first-order valence-electron chi connectivity index (χ1n) is 6.28. The summed E-state index contributed by atoms with van der Waals surface area (Å²) in [5, 5.41) is 17.5. The van der Waals surface area contributed by atoms with Crippen LogP contribution in [0.5, 0.6) is 0 Å². The van der Waals surface area contributed by atoms with Crippen LogP contribution in [-0.2, 0) is 24.2 Å². The Labute approximate surface area is 111 Å². The molecule has 1 heterocycles. The van der Waals surface area contributed by atoms with Gasteiger partial charge in [0.2, 0.25) is 0 Å². The molecule has 19 heavy (non-hydrogen) atoms. The number of carboxylic acids is 1. The summed E-state index contributed by atoms with van der Waals surface area (Å²) in [5.74, 6) is -0.177. The second-order valence-corrected chi connectivity index (χ2v) is 3.99. The predicted octanol–water partition coefficient (Wildman–Crippen LogP) is 1.07. The number of hydrogen-bond donors (Lipinski definition) is 3. The summed E-state index contributed by atoms with van der Waals surface area (Å²) in [6.07, 6.45) is 1.35. The summed E-state index contributed by atoms with van der Waals surface area (Å²) >= 11 is 0. The zero-order chi connectivity index (χ0) is 14.3. The second-order valence-electron chi connectivity index (χ2n) is 3.99. The molecule has 1 rings (SSSR count). The Balaban J connectivity index is 2.45. The van der Waals surface area contributed by atoms with Crippen molar-refractivity contribution in [2.45, 2.75) is 39.7 Å². The van der Waals surface area contributed by atoms with E-state index in [-0.39, 0.29) is 13.0 Å². The van der Waals surface area contributed by atoms with Crippen LogP contribution in [0.15, 0.2) is 4.52 Å². The van der Waals surface area contributed by atoms with Crippen molar-refractivity contribution < 1.29 is 19.2 Å². The number of aliphatic carboxylic acids is 1. The molecule has 0 fully saturated rings. The number of carbonyl (C=O) groups excluding carboxylic acids is 1. The predicted molar refractivity (Wildman–Crippen MR) is 67.8 cm³/mol. The molecule has 2 amide bonds. The quantitative estimate of drug-likeness (QED) is 0.687. The van der Waals surface area contributed by atoms with Crippen LogP contribution in [0.1, 0.15) is 37.3 Å². The lowest BCUT2D eigenvalue weighted by molar-refractivity contribution is -0.136. The first kappa shape index (κ1) is 15.0. The molecule has 7 nitrogen and oxygen atoms in total. The molecule has 0 aliphatic heterocycles. The van der Waals surface area contributed by atoms with Gasteiger partial charge in [-0.25, -0.2) is 4.79 Å². The van der Waals surface area contributed by atoms with Gasteiger partial charge in [0.05, 0.1) is 12.1 Å². The Kier molecular flexibility index (Phi) is 5.84. The van der Waals surface area contributed by atoms with Crippen LogP contribution in [0.2, 0.25) is 0 Å². The molecule has 0 saturated heterocycles. The van der Waals surface area contributed by atoms with Crippen molar-refractivity contribution in [3.8, 4) is 0 Å². The van der Waals surface area contributed by atoms with Crippen LogP contribution in [0.4, 0.5) is 4.79 Å². The molecule has 106 valence electrons. The summed E-state index contributed by atoms with van der Waals surface area (Å²) in [4.78, 5) is 21.8. The van der Waals surface area contributed by atoms with Crippen LogP contribution in [0.3, 0.4) is 0 Å². The van der Waals surface area contributed by atoms with E-state index in [9.17, 15) is 9.59 Å². The Bertz CT molecular complexity index is 421. The average Bonchev–Trinajstić information content (AvgIpc) is 2.77. The topological polar surface area (TPSA) is 104 Å². The molecule has 3 N–H and O–H groups in total. The Hall–Kier alpha value is -2.05. The molecule has 7 heteroatoms. The van der Waals surface area contributed by atoms with E-state index in [2.05, 4.69) is 15.8 Å². The maximum atomic E-state index is 11.5. The van der Waals surface area contributed by atoms with Gasteiger partial charge in [-0.15, -0.1) is 0 Å². The summed E-state index contributed by atoms with van der Waals surface area (Å²) in [5.41, 5.74) is 1.74. The van der Waals surface area contributed by atoms with E-state index in [0.717, 1.165) is 23.4 Å². The van der Waals surface area contributed by atoms with Gasteiger partial charge in [-0.05, 0) is 6.42 Å². The van der Waals surface area contributed by atoms with E-state index in [1.165, 1.54) is 0 Å². The largest absolute Gasteiger partial charge is 0.481 e. The van der Waals surface area contributed by atoms with E-state index in [1.54, 1.807) is 0 Å². The molecule has 0 aliphatic carbocycles. The fourth-order valence-electron chi connectivity index (χ4n) is 1.65. The van der Waals surface area contributed by atoms with Crippen LogP contribution in [-0.4, -0.2) is 28.8 Å². The first-order valence-corrected chi connectivity index (χ1v) is 6.28. The lowest BCUT2D eigenvalue weighted by Gasteiger charge is -2.07. The molecule has 0 aromatic carbocycles. The second kappa shape index (κ2) is 7.40. The molecule has 0 atom stereocenters. The third-order valence-electron chi connectivity index (χ3n) is 2.66. The van der Waals surface area contributed by atoms with Gasteiger partial charge in [0.1, 0.15) is 5.76 Å². The van der Waals surface area contributed by atoms with Gasteiger partial charge >= 0.3 is 12.0 Å². The van der Waals surface area contributed by atoms with Gasteiger partial charge in [-0.1, -0.05) is 19.0 Å². The van der Waals surface area contributed by atoms with Crippen LogP contribution >= 0.6 is 0 Å². The fraction of sp³-hybridized carbons (Fsp3) is 0.583. The minimum atomic E-state index is -0.944. The summed E-state index contributed by atoms with van der Waals surface area (Å²) < 4.78 is 5.18. The van der Waals surface area contributed by atoms with Crippen LogP contribution in [0.25, 0.3) is 0 Å². The average molecular weight is 269 g/mol. The SMILES string of the molecule is CCc1noc(CC)c1CNC(=O)NCCC(=O)O. The van der Waals surface area contributed by atoms with Gasteiger partial charge in [-0.2, -0.15) is 0 Å². The molecule has 1 aromatic heterocycles. The molecular formula is C12H19N3O4. The summed E-state index contributed by atoms with van der Waals surface area (Å²) in [7, 11) is 0. The van der Waals surface area contributed by atoms with Crippen molar-refractivity contribution in [2.24, 2.45) is 0 Å². The number of aryl methyl sites for hydroxylation is 2. The van der Waals surface area contributed by atoms with E-state index in [1.807, 2.05) is 13.8 Å². The molecule has 0 spiro atoms. The van der Waals surface area contributed by atoms with Gasteiger partial charge in [-0.3, -0.25) is 4.79 Å². The van der Waals surface area contributed by atoms with Gasteiger partial charge in [0.15, 0.2) is 0 Å². The maximum Gasteiger partial charge on any atom is 0.315 e. The smallest absolute Gasteiger partial charge is 0.315 e. The van der Waals surface area contributed by atoms with Crippen molar-refractivity contribution in [1.29, 1.82) is 0 Å². The van der Waals surface area contributed by atoms with Gasteiger partial charge < -0.3 is 20.3 Å². The van der Waals surface area contributed by atoms with Crippen molar-refractivity contribution in [2.75, 3.05) is 6.54 Å². The highest BCUT2D eigenvalue weighted by Crippen LogP contribution is 2.15. The van der Waals surface area contributed by atoms with Crippen molar-refractivity contribution in [3.05, 3.63) is 17.0 Å². The van der Waals surface area contributed by atoms with Gasteiger partial charge in [0, 0.05) is 25.1 Å². The lowest BCUT2D eigenvalue weighted by atomic mass is 10.1. The number of aromatic nitrogens is 1. The Morgan fingerprint density at radius 3 is 2.58 bits per heavy atom. The minimum absolute atomic E-state index is 0.0961. The molecule has 1 aromatic rings. The third-order valence-corrected chi connectivity index (χ3v) is 2.66. The number of rotatable bonds is 7. The van der Waals surface area contributed by atoms with E-state index >= 15 is 0 Å². The van der Waals surface area contributed by atoms with Crippen LogP contribution < -0.4 is 10.6 Å². The monoisotopic (exact) mass is 269 g/mol. The van der Waals surface area contributed by atoms with Gasteiger partial charge in [0.25, 0.3) is 0 Å². The van der Waals surface area contributed by atoms with E-state index in [4.69, 9.17) is 9.63 Å². The van der Waals surface area contributed by atoms with Crippen molar-refractivity contribution in [1.82, 2.24) is 15.8 Å². The number of nitrogens with one attached hydrogen (secondary N) is 2. The number of hydrogen-bond acceptors (Lipinski definition) is 4. The Morgan fingerprint density at radius 1 is 1.26 bits per heavy atom. The summed E-state index contributed by atoms with van der Waals surface area (Å²) in [6.45, 7) is 4.35. The van der Waals surface area contributed by atoms with Crippen LogP contribution in [0, 0.1) is 0 Å². The number of nitrogens with zero attached hydrogens (tertiary/aromatic N) is 1.